The number of ketones is 1. The highest BCUT2D eigenvalue weighted by atomic mass is 16.6. The minimum Gasteiger partial charge on any atom is -0.463 e. The maximum Gasteiger partial charge on any atom is 0.308 e. The zero-order valence-electron chi connectivity index (χ0n) is 17.9. The number of hydrogen-bond donors (Lipinski definition) is 1. The molecule has 2 aliphatic carbocycles. The summed E-state index contributed by atoms with van der Waals surface area (Å²) in [5, 5.41) is 11.1. The van der Waals surface area contributed by atoms with Gasteiger partial charge in [-0.3, -0.25) is 14.4 Å². The fourth-order valence-corrected chi connectivity index (χ4v) is 7.18. The standard InChI is InChI=1S/C22H32O7/c1-12-16(25)17(26)18-19(3,4)14(28-13(2)23)6-7-20(18,5)22(12)9-8-21(29-22)10-15(24)27-11-21/h12,14,17-18,26H,6-11H2,1-5H3. The number of Topliss-reactive ketones (excluding diaryl/α,β-unsaturated/α-hetero) is 1. The molecule has 1 N–H and O–H groups in total. The molecule has 7 nitrogen and oxygen atoms in total. The van der Waals surface area contributed by atoms with Crippen LogP contribution in [-0.4, -0.2) is 52.8 Å². The summed E-state index contributed by atoms with van der Waals surface area (Å²) in [6, 6.07) is 0. The summed E-state index contributed by atoms with van der Waals surface area (Å²) in [4.78, 5) is 36.7. The lowest BCUT2D eigenvalue weighted by molar-refractivity contribution is -0.271. The van der Waals surface area contributed by atoms with Gasteiger partial charge in [-0.25, -0.2) is 0 Å². The largest absolute Gasteiger partial charge is 0.463 e. The van der Waals surface area contributed by atoms with Crippen molar-refractivity contribution in [2.24, 2.45) is 22.7 Å². The first kappa shape index (κ1) is 20.8. The predicted molar refractivity (Wildman–Crippen MR) is 102 cm³/mol. The highest BCUT2D eigenvalue weighted by Crippen LogP contribution is 2.67. The lowest BCUT2D eigenvalue weighted by Gasteiger charge is -2.65. The molecule has 0 aromatic heterocycles. The second kappa shape index (κ2) is 6.27. The van der Waals surface area contributed by atoms with Gasteiger partial charge in [0.1, 0.15) is 24.4 Å². The Morgan fingerprint density at radius 3 is 2.45 bits per heavy atom. The summed E-state index contributed by atoms with van der Waals surface area (Å²) in [6.07, 6.45) is 1.29. The smallest absolute Gasteiger partial charge is 0.308 e. The Hall–Kier alpha value is -1.47. The number of carbonyl (C=O) groups excluding carboxylic acids is 3. The molecule has 7 atom stereocenters. The molecule has 2 aliphatic heterocycles. The van der Waals surface area contributed by atoms with Crippen molar-refractivity contribution in [3.05, 3.63) is 0 Å². The van der Waals surface area contributed by atoms with Gasteiger partial charge in [-0.2, -0.15) is 0 Å². The van der Waals surface area contributed by atoms with Gasteiger partial charge in [-0.05, 0) is 25.7 Å². The quantitative estimate of drug-likeness (QED) is 0.664. The van der Waals surface area contributed by atoms with Crippen LogP contribution >= 0.6 is 0 Å². The summed E-state index contributed by atoms with van der Waals surface area (Å²) < 4.78 is 17.6. The predicted octanol–water partition coefficient (Wildman–Crippen LogP) is 2.18. The summed E-state index contributed by atoms with van der Waals surface area (Å²) in [5.74, 6) is -1.77. The zero-order valence-corrected chi connectivity index (χ0v) is 17.9. The van der Waals surface area contributed by atoms with E-state index >= 15 is 0 Å². The Balaban J connectivity index is 1.78. The van der Waals surface area contributed by atoms with Gasteiger partial charge in [0, 0.05) is 29.6 Å². The second-order valence-electron chi connectivity index (χ2n) is 10.4. The molecule has 2 saturated carbocycles. The summed E-state index contributed by atoms with van der Waals surface area (Å²) in [5.41, 5.74) is -2.57. The van der Waals surface area contributed by atoms with Gasteiger partial charge in [0.05, 0.1) is 12.0 Å². The maximum absolute atomic E-state index is 13.2. The molecule has 4 aliphatic rings. The van der Waals surface area contributed by atoms with E-state index in [1.807, 2.05) is 20.8 Å². The summed E-state index contributed by atoms with van der Waals surface area (Å²) >= 11 is 0. The number of cyclic esters (lactones) is 1. The average Bonchev–Trinajstić information content (AvgIpc) is 3.18. The Bertz CT molecular complexity index is 760. The van der Waals surface area contributed by atoms with Crippen molar-refractivity contribution in [2.45, 2.75) is 90.1 Å². The van der Waals surface area contributed by atoms with Gasteiger partial charge < -0.3 is 19.3 Å². The molecule has 0 amide bonds. The Kier molecular flexibility index (Phi) is 4.49. The number of ether oxygens (including phenoxy) is 3. The van der Waals surface area contributed by atoms with E-state index in [1.54, 1.807) is 0 Å². The molecule has 2 spiro atoms. The van der Waals surface area contributed by atoms with E-state index in [0.29, 0.717) is 25.7 Å². The Labute approximate surface area is 171 Å². The van der Waals surface area contributed by atoms with Crippen molar-refractivity contribution in [1.29, 1.82) is 0 Å². The van der Waals surface area contributed by atoms with Gasteiger partial charge in [0.15, 0.2) is 5.78 Å². The zero-order chi connectivity index (χ0) is 21.4. The SMILES string of the molecule is CC(=O)OC1CCC2(C)C(C(O)C(=O)C(C)C23CCC2(COC(=O)C2)O3)C1(C)C. The normalized spacial score (nSPS) is 48.6. The molecule has 0 aromatic carbocycles. The number of esters is 2. The van der Waals surface area contributed by atoms with Gasteiger partial charge in [-0.1, -0.05) is 27.7 Å². The van der Waals surface area contributed by atoms with Crippen molar-refractivity contribution in [1.82, 2.24) is 0 Å². The molecule has 0 bridgehead atoms. The Morgan fingerprint density at radius 1 is 1.17 bits per heavy atom. The van der Waals surface area contributed by atoms with Crippen LogP contribution < -0.4 is 0 Å². The molecular weight excluding hydrogens is 376 g/mol. The first-order valence-electron chi connectivity index (χ1n) is 10.6. The molecule has 0 radical (unpaired) electrons. The fourth-order valence-electron chi connectivity index (χ4n) is 7.18. The van der Waals surface area contributed by atoms with Crippen molar-refractivity contribution >= 4 is 17.7 Å². The van der Waals surface area contributed by atoms with E-state index in [4.69, 9.17) is 14.2 Å². The molecule has 4 fully saturated rings. The van der Waals surface area contributed by atoms with Crippen molar-refractivity contribution in [2.75, 3.05) is 6.61 Å². The number of carbonyl (C=O) groups is 3. The summed E-state index contributed by atoms with van der Waals surface area (Å²) in [7, 11) is 0. The topological polar surface area (TPSA) is 99.1 Å². The first-order chi connectivity index (χ1) is 13.4. The van der Waals surface area contributed by atoms with Crippen molar-refractivity contribution < 1.29 is 33.7 Å². The molecule has 7 heteroatoms. The number of aliphatic hydroxyl groups is 1. The van der Waals surface area contributed by atoms with E-state index in [0.717, 1.165) is 0 Å². The van der Waals surface area contributed by atoms with Crippen LogP contribution in [-0.2, 0) is 28.6 Å². The van der Waals surface area contributed by atoms with Crippen LogP contribution in [0.1, 0.15) is 66.7 Å². The lowest BCUT2D eigenvalue weighted by atomic mass is 9.42. The molecule has 2 saturated heterocycles. The number of rotatable bonds is 1. The molecule has 4 rings (SSSR count). The van der Waals surface area contributed by atoms with Gasteiger partial charge >= 0.3 is 11.9 Å². The maximum atomic E-state index is 13.2. The van der Waals surface area contributed by atoms with E-state index in [9.17, 15) is 19.5 Å². The monoisotopic (exact) mass is 408 g/mol. The average molecular weight is 408 g/mol. The third-order valence-corrected chi connectivity index (χ3v) is 8.57. The third kappa shape index (κ3) is 2.66. The minimum atomic E-state index is -1.14. The van der Waals surface area contributed by atoms with E-state index in [-0.39, 0.29) is 36.9 Å². The van der Waals surface area contributed by atoms with Crippen LogP contribution in [0.3, 0.4) is 0 Å². The Morgan fingerprint density at radius 2 is 1.86 bits per heavy atom. The summed E-state index contributed by atoms with van der Waals surface area (Å²) in [6.45, 7) is 9.49. The van der Waals surface area contributed by atoms with Crippen molar-refractivity contribution in [3.8, 4) is 0 Å². The molecule has 0 aromatic rings. The number of fused-ring (bicyclic) bond motifs is 2. The van der Waals surface area contributed by atoms with Crippen molar-refractivity contribution in [3.63, 3.8) is 0 Å². The van der Waals surface area contributed by atoms with Gasteiger partial charge in [0.25, 0.3) is 0 Å². The minimum absolute atomic E-state index is 0.207. The third-order valence-electron chi connectivity index (χ3n) is 8.57. The van der Waals surface area contributed by atoms with Crippen LogP contribution in [0.2, 0.25) is 0 Å². The van der Waals surface area contributed by atoms with Crippen LogP contribution in [0.4, 0.5) is 0 Å². The highest BCUT2D eigenvalue weighted by Gasteiger charge is 2.73. The number of hydrogen-bond acceptors (Lipinski definition) is 7. The van der Waals surface area contributed by atoms with Crippen LogP contribution in [0.25, 0.3) is 0 Å². The van der Waals surface area contributed by atoms with E-state index in [2.05, 4.69) is 6.92 Å². The van der Waals surface area contributed by atoms with Gasteiger partial charge in [-0.15, -0.1) is 0 Å². The molecule has 29 heavy (non-hydrogen) atoms. The van der Waals surface area contributed by atoms with Crippen LogP contribution in [0, 0.1) is 22.7 Å². The highest BCUT2D eigenvalue weighted by molar-refractivity contribution is 5.88. The molecular formula is C22H32O7. The molecule has 2 heterocycles. The van der Waals surface area contributed by atoms with E-state index < -0.39 is 40.0 Å². The number of aliphatic hydroxyl groups excluding tert-OH is 1. The fraction of sp³-hybridized carbons (Fsp3) is 0.864. The van der Waals surface area contributed by atoms with Crippen LogP contribution in [0.15, 0.2) is 0 Å². The lowest BCUT2D eigenvalue weighted by Crippen LogP contribution is -2.72. The second-order valence-corrected chi connectivity index (χ2v) is 10.4. The molecule has 7 unspecified atom stereocenters. The van der Waals surface area contributed by atoms with Crippen LogP contribution in [0.5, 0.6) is 0 Å². The molecule has 162 valence electrons. The first-order valence-corrected chi connectivity index (χ1v) is 10.6. The van der Waals surface area contributed by atoms with Gasteiger partial charge in [0.2, 0.25) is 0 Å². The van der Waals surface area contributed by atoms with E-state index in [1.165, 1.54) is 6.92 Å².